The number of imidazole rings is 1. The zero-order valence-electron chi connectivity index (χ0n) is 8.16. The molecule has 16 heavy (non-hydrogen) atoms. The van der Waals surface area contributed by atoms with E-state index in [1.807, 2.05) is 0 Å². The van der Waals surface area contributed by atoms with Crippen LogP contribution in [0, 0.1) is 6.92 Å². The first kappa shape index (κ1) is 11.1. The first-order valence-corrected chi connectivity index (χ1v) is 6.51. The summed E-state index contributed by atoms with van der Waals surface area (Å²) in [7, 11) is 1.36. The van der Waals surface area contributed by atoms with E-state index in [0.29, 0.717) is 11.6 Å². The third-order valence-corrected chi connectivity index (χ3v) is 3.09. The second-order valence-corrected chi connectivity index (χ2v) is 5.55. The van der Waals surface area contributed by atoms with Crippen LogP contribution < -0.4 is 0 Å². The summed E-state index contributed by atoms with van der Waals surface area (Å²) in [6, 6.07) is 0. The molecule has 0 aliphatic carbocycles. The number of hydrogen-bond acceptors (Lipinski definition) is 6. The normalized spacial score (nSPS) is 11.9. The number of aryl methyl sites for hydroxylation is 1. The van der Waals surface area contributed by atoms with Gasteiger partial charge in [0.05, 0.1) is 6.54 Å². The standard InChI is InChI=1S/C7H7ClN4O3S/c1-5-10-7(16(8,13)14)3-12(5)2-6-9-4-15-11-6/h3-4H,2H2,1H3. The number of rotatable bonds is 3. The highest BCUT2D eigenvalue weighted by Gasteiger charge is 2.16. The quantitative estimate of drug-likeness (QED) is 0.750. The lowest BCUT2D eigenvalue weighted by Crippen LogP contribution is -2.02. The third-order valence-electron chi connectivity index (χ3n) is 1.92. The Kier molecular flexibility index (Phi) is 2.68. The molecule has 0 unspecified atom stereocenters. The van der Waals surface area contributed by atoms with Crippen LogP contribution in [0.1, 0.15) is 11.6 Å². The predicted molar refractivity (Wildman–Crippen MR) is 53.4 cm³/mol. The summed E-state index contributed by atoms with van der Waals surface area (Å²) in [6.45, 7) is 1.94. The van der Waals surface area contributed by atoms with Crippen molar-refractivity contribution in [2.45, 2.75) is 18.5 Å². The van der Waals surface area contributed by atoms with E-state index < -0.39 is 9.05 Å². The maximum absolute atomic E-state index is 11.0. The summed E-state index contributed by atoms with van der Waals surface area (Å²) < 4.78 is 28.2. The van der Waals surface area contributed by atoms with Crippen LogP contribution in [0.15, 0.2) is 22.1 Å². The van der Waals surface area contributed by atoms with Crippen molar-refractivity contribution < 1.29 is 12.9 Å². The molecular weight excluding hydrogens is 256 g/mol. The molecule has 0 amide bonds. The number of aromatic nitrogens is 4. The first-order valence-electron chi connectivity index (χ1n) is 4.20. The Morgan fingerprint density at radius 3 is 2.81 bits per heavy atom. The van der Waals surface area contributed by atoms with Crippen LogP contribution in [-0.2, 0) is 15.6 Å². The number of hydrogen-bond donors (Lipinski definition) is 0. The molecule has 0 fully saturated rings. The van der Waals surface area contributed by atoms with Crippen molar-refractivity contribution in [1.82, 2.24) is 19.7 Å². The van der Waals surface area contributed by atoms with Gasteiger partial charge < -0.3 is 9.09 Å². The van der Waals surface area contributed by atoms with E-state index in [9.17, 15) is 8.42 Å². The largest absolute Gasteiger partial charge is 0.343 e. The molecule has 0 atom stereocenters. The van der Waals surface area contributed by atoms with Gasteiger partial charge in [-0.3, -0.25) is 0 Å². The van der Waals surface area contributed by atoms with Gasteiger partial charge in [0.1, 0.15) is 5.82 Å². The van der Waals surface area contributed by atoms with Crippen molar-refractivity contribution >= 4 is 19.7 Å². The average Bonchev–Trinajstić information content (AvgIpc) is 2.76. The third kappa shape index (κ3) is 2.22. The van der Waals surface area contributed by atoms with Gasteiger partial charge in [0.15, 0.2) is 10.9 Å². The minimum Gasteiger partial charge on any atom is -0.343 e. The molecule has 86 valence electrons. The zero-order chi connectivity index (χ0) is 11.8. The van der Waals surface area contributed by atoms with E-state index in [4.69, 9.17) is 10.7 Å². The Labute approximate surface area is 95.5 Å². The molecule has 2 aromatic heterocycles. The van der Waals surface area contributed by atoms with Gasteiger partial charge in [0.25, 0.3) is 9.05 Å². The molecule has 0 radical (unpaired) electrons. The molecule has 0 saturated heterocycles. The fraction of sp³-hybridized carbons (Fsp3) is 0.286. The van der Waals surface area contributed by atoms with Crippen LogP contribution in [-0.4, -0.2) is 28.1 Å². The van der Waals surface area contributed by atoms with Crippen LogP contribution in [0.5, 0.6) is 0 Å². The van der Waals surface area contributed by atoms with Gasteiger partial charge >= 0.3 is 0 Å². The molecule has 2 rings (SSSR count). The smallest absolute Gasteiger partial charge is 0.280 e. The van der Waals surface area contributed by atoms with E-state index >= 15 is 0 Å². The van der Waals surface area contributed by atoms with E-state index in [1.54, 1.807) is 11.5 Å². The minimum absolute atomic E-state index is 0.185. The molecule has 0 aliphatic heterocycles. The van der Waals surface area contributed by atoms with Crippen LogP contribution >= 0.6 is 10.7 Å². The van der Waals surface area contributed by atoms with Gasteiger partial charge in [-0.2, -0.15) is 4.98 Å². The van der Waals surface area contributed by atoms with Crippen LogP contribution in [0.2, 0.25) is 0 Å². The highest BCUT2D eigenvalue weighted by atomic mass is 35.7. The zero-order valence-corrected chi connectivity index (χ0v) is 9.73. The maximum atomic E-state index is 11.0. The van der Waals surface area contributed by atoms with Gasteiger partial charge in [-0.1, -0.05) is 5.16 Å². The summed E-state index contributed by atoms with van der Waals surface area (Å²) in [5.74, 6) is 0.933. The molecule has 7 nitrogen and oxygen atoms in total. The van der Waals surface area contributed by atoms with Gasteiger partial charge in [-0.05, 0) is 6.92 Å². The maximum Gasteiger partial charge on any atom is 0.280 e. The van der Waals surface area contributed by atoms with Gasteiger partial charge in [0.2, 0.25) is 6.39 Å². The molecule has 9 heteroatoms. The molecule has 0 spiro atoms. The SMILES string of the molecule is Cc1nc(S(=O)(=O)Cl)cn1Cc1ncon1. The highest BCUT2D eigenvalue weighted by Crippen LogP contribution is 2.14. The second kappa shape index (κ2) is 3.87. The summed E-state index contributed by atoms with van der Waals surface area (Å²) in [5.41, 5.74) is 0. The van der Waals surface area contributed by atoms with E-state index in [2.05, 4.69) is 19.6 Å². The summed E-state index contributed by atoms with van der Waals surface area (Å²) >= 11 is 0. The Bertz CT molecular complexity index is 589. The van der Waals surface area contributed by atoms with Gasteiger partial charge in [-0.15, -0.1) is 0 Å². The Morgan fingerprint density at radius 2 is 2.31 bits per heavy atom. The molecule has 2 heterocycles. The number of halogens is 1. The lowest BCUT2D eigenvalue weighted by Gasteiger charge is -1.98. The summed E-state index contributed by atoms with van der Waals surface area (Å²) in [6.07, 6.45) is 2.52. The molecule has 0 aromatic carbocycles. The summed E-state index contributed by atoms with van der Waals surface area (Å²) in [4.78, 5) is 7.63. The highest BCUT2D eigenvalue weighted by molar-refractivity contribution is 8.13. The molecule has 0 saturated carbocycles. The monoisotopic (exact) mass is 262 g/mol. The summed E-state index contributed by atoms with van der Waals surface area (Å²) in [5, 5.41) is 3.42. The molecular formula is C7H7ClN4O3S. The average molecular weight is 263 g/mol. The van der Waals surface area contributed by atoms with Gasteiger partial charge in [0, 0.05) is 16.9 Å². The first-order chi connectivity index (χ1) is 7.47. The lowest BCUT2D eigenvalue weighted by atomic mass is 10.5. The fourth-order valence-corrected chi connectivity index (χ4v) is 1.89. The molecule has 2 aromatic rings. The van der Waals surface area contributed by atoms with Crippen molar-refractivity contribution in [3.05, 3.63) is 24.2 Å². The van der Waals surface area contributed by atoms with Crippen molar-refractivity contribution in [3.8, 4) is 0 Å². The Morgan fingerprint density at radius 1 is 1.56 bits per heavy atom. The minimum atomic E-state index is -3.81. The van der Waals surface area contributed by atoms with E-state index in [-0.39, 0.29) is 11.6 Å². The van der Waals surface area contributed by atoms with Crippen molar-refractivity contribution in [3.63, 3.8) is 0 Å². The Hall–Kier alpha value is -1.41. The van der Waals surface area contributed by atoms with Crippen LogP contribution in [0.3, 0.4) is 0 Å². The van der Waals surface area contributed by atoms with Gasteiger partial charge in [-0.25, -0.2) is 13.4 Å². The van der Waals surface area contributed by atoms with Crippen LogP contribution in [0.4, 0.5) is 0 Å². The van der Waals surface area contributed by atoms with E-state index in [0.717, 1.165) is 0 Å². The topological polar surface area (TPSA) is 90.9 Å². The van der Waals surface area contributed by atoms with Crippen molar-refractivity contribution in [2.24, 2.45) is 0 Å². The van der Waals surface area contributed by atoms with Crippen molar-refractivity contribution in [1.29, 1.82) is 0 Å². The predicted octanol–water partition coefficient (Wildman–Crippen LogP) is 0.550. The lowest BCUT2D eigenvalue weighted by molar-refractivity contribution is 0.408. The van der Waals surface area contributed by atoms with Crippen LogP contribution in [0.25, 0.3) is 0 Å². The Balaban J connectivity index is 2.33. The second-order valence-electron chi connectivity index (χ2n) is 3.04. The van der Waals surface area contributed by atoms with Crippen molar-refractivity contribution in [2.75, 3.05) is 0 Å². The molecule has 0 aliphatic rings. The molecule has 0 N–H and O–H groups in total. The fourth-order valence-electron chi connectivity index (χ4n) is 1.17. The number of nitrogens with zero attached hydrogens (tertiary/aromatic N) is 4. The molecule has 0 bridgehead atoms. The van der Waals surface area contributed by atoms with E-state index in [1.165, 1.54) is 12.6 Å².